The van der Waals surface area contributed by atoms with Gasteiger partial charge in [-0.05, 0) is 37.3 Å². The van der Waals surface area contributed by atoms with Crippen molar-refractivity contribution < 1.29 is 9.59 Å². The number of hydrogen-bond acceptors (Lipinski definition) is 3. The van der Waals surface area contributed by atoms with Gasteiger partial charge in [0, 0.05) is 32.8 Å². The topological polar surface area (TPSA) is 64.0 Å². The molecule has 0 spiro atoms. The summed E-state index contributed by atoms with van der Waals surface area (Å²) < 4.78 is 2.65. The first-order valence-electron chi connectivity index (χ1n) is 7.04. The summed E-state index contributed by atoms with van der Waals surface area (Å²) in [7, 11) is 0. The molecular formula is C17H14BrN3O2. The van der Waals surface area contributed by atoms with E-state index < -0.39 is 0 Å². The molecule has 0 fully saturated rings. The van der Waals surface area contributed by atoms with Gasteiger partial charge in [0.15, 0.2) is 6.29 Å². The van der Waals surface area contributed by atoms with E-state index in [2.05, 4.69) is 26.2 Å². The molecular weight excluding hydrogens is 358 g/mol. The van der Waals surface area contributed by atoms with Gasteiger partial charge in [-0.3, -0.25) is 9.59 Å². The van der Waals surface area contributed by atoms with Crippen LogP contribution in [0, 0.1) is 6.92 Å². The predicted molar refractivity (Wildman–Crippen MR) is 92.6 cm³/mol. The molecule has 0 bridgehead atoms. The molecule has 0 aliphatic carbocycles. The Balaban J connectivity index is 1.86. The maximum absolute atomic E-state index is 12.2. The van der Waals surface area contributed by atoms with Gasteiger partial charge >= 0.3 is 0 Å². The summed E-state index contributed by atoms with van der Waals surface area (Å²) in [6, 6.07) is 11.1. The molecule has 0 atom stereocenters. The normalized spacial score (nSPS) is 10.7. The van der Waals surface area contributed by atoms with Crippen molar-refractivity contribution in [3.8, 4) is 0 Å². The Morgan fingerprint density at radius 3 is 2.91 bits per heavy atom. The van der Waals surface area contributed by atoms with E-state index >= 15 is 0 Å². The summed E-state index contributed by atoms with van der Waals surface area (Å²) in [4.78, 5) is 27.7. The number of anilines is 1. The number of aryl methyl sites for hydroxylation is 1. The number of nitrogens with zero attached hydrogens (tertiary/aromatic N) is 2. The molecule has 0 saturated heterocycles. The SMILES string of the molecule is Cc1cccc(NC(=O)Cn2cc(C=O)c3cc(Br)ccc32)n1. The second-order valence-electron chi connectivity index (χ2n) is 5.20. The van der Waals surface area contributed by atoms with E-state index in [1.165, 1.54) is 0 Å². The van der Waals surface area contributed by atoms with Crippen molar-refractivity contribution in [3.63, 3.8) is 0 Å². The zero-order valence-corrected chi connectivity index (χ0v) is 14.0. The smallest absolute Gasteiger partial charge is 0.245 e. The second-order valence-corrected chi connectivity index (χ2v) is 6.12. The van der Waals surface area contributed by atoms with Crippen LogP contribution in [0.1, 0.15) is 16.1 Å². The minimum atomic E-state index is -0.194. The lowest BCUT2D eigenvalue weighted by Gasteiger charge is -2.07. The summed E-state index contributed by atoms with van der Waals surface area (Å²) in [5.74, 6) is 0.324. The Morgan fingerprint density at radius 1 is 1.35 bits per heavy atom. The number of halogens is 1. The molecule has 5 nitrogen and oxygen atoms in total. The molecule has 1 amide bonds. The minimum absolute atomic E-state index is 0.113. The first-order chi connectivity index (χ1) is 11.1. The summed E-state index contributed by atoms with van der Waals surface area (Å²) in [6.07, 6.45) is 2.48. The molecule has 0 aliphatic heterocycles. The average molecular weight is 372 g/mol. The first kappa shape index (κ1) is 15.4. The maximum atomic E-state index is 12.2. The molecule has 23 heavy (non-hydrogen) atoms. The van der Waals surface area contributed by atoms with Crippen LogP contribution in [0.4, 0.5) is 5.82 Å². The van der Waals surface area contributed by atoms with Crippen molar-refractivity contribution in [1.29, 1.82) is 0 Å². The van der Waals surface area contributed by atoms with Gasteiger partial charge in [-0.25, -0.2) is 4.98 Å². The van der Waals surface area contributed by atoms with Gasteiger partial charge in [-0.1, -0.05) is 22.0 Å². The number of nitrogens with one attached hydrogen (secondary N) is 1. The highest BCUT2D eigenvalue weighted by molar-refractivity contribution is 9.10. The van der Waals surface area contributed by atoms with Gasteiger partial charge in [0.1, 0.15) is 12.4 Å². The van der Waals surface area contributed by atoms with E-state index in [1.54, 1.807) is 16.8 Å². The van der Waals surface area contributed by atoms with Crippen molar-refractivity contribution in [2.75, 3.05) is 5.32 Å². The van der Waals surface area contributed by atoms with Crippen molar-refractivity contribution in [2.45, 2.75) is 13.5 Å². The molecule has 2 aromatic heterocycles. The Bertz CT molecular complexity index is 902. The highest BCUT2D eigenvalue weighted by atomic mass is 79.9. The fraction of sp³-hybridized carbons (Fsp3) is 0.118. The van der Waals surface area contributed by atoms with E-state index in [0.29, 0.717) is 11.4 Å². The van der Waals surface area contributed by atoms with Gasteiger partial charge in [0.25, 0.3) is 0 Å². The van der Waals surface area contributed by atoms with Gasteiger partial charge in [-0.15, -0.1) is 0 Å². The number of fused-ring (bicyclic) bond motifs is 1. The number of carbonyl (C=O) groups excluding carboxylic acids is 2. The Kier molecular flexibility index (Phi) is 4.25. The summed E-state index contributed by atoms with van der Waals surface area (Å²) in [6.45, 7) is 1.98. The number of hydrogen-bond donors (Lipinski definition) is 1. The van der Waals surface area contributed by atoms with E-state index in [9.17, 15) is 9.59 Å². The number of carbonyl (C=O) groups is 2. The first-order valence-corrected chi connectivity index (χ1v) is 7.83. The van der Waals surface area contributed by atoms with Gasteiger partial charge in [0.05, 0.1) is 0 Å². The van der Waals surface area contributed by atoms with Crippen LogP contribution in [0.2, 0.25) is 0 Å². The molecule has 2 heterocycles. The van der Waals surface area contributed by atoms with Crippen LogP contribution in [-0.4, -0.2) is 21.7 Å². The van der Waals surface area contributed by atoms with Gasteiger partial charge in [-0.2, -0.15) is 0 Å². The number of benzene rings is 1. The fourth-order valence-electron chi connectivity index (χ4n) is 2.47. The van der Waals surface area contributed by atoms with Crippen LogP contribution in [0.25, 0.3) is 10.9 Å². The minimum Gasteiger partial charge on any atom is -0.337 e. The number of amides is 1. The molecule has 0 unspecified atom stereocenters. The largest absolute Gasteiger partial charge is 0.337 e. The highest BCUT2D eigenvalue weighted by Crippen LogP contribution is 2.24. The Hall–Kier alpha value is -2.47. The van der Waals surface area contributed by atoms with Crippen molar-refractivity contribution >= 4 is 44.8 Å². The van der Waals surface area contributed by atoms with Crippen molar-refractivity contribution in [2.24, 2.45) is 0 Å². The average Bonchev–Trinajstić information content (AvgIpc) is 2.84. The molecule has 1 aromatic carbocycles. The van der Waals surface area contributed by atoms with Gasteiger partial charge < -0.3 is 9.88 Å². The monoisotopic (exact) mass is 371 g/mol. The molecule has 3 rings (SSSR count). The van der Waals surface area contributed by atoms with Crippen molar-refractivity contribution in [3.05, 3.63) is 58.3 Å². The van der Waals surface area contributed by atoms with Crippen LogP contribution >= 0.6 is 15.9 Å². The lowest BCUT2D eigenvalue weighted by atomic mass is 10.2. The summed E-state index contributed by atoms with van der Waals surface area (Å²) >= 11 is 3.39. The van der Waals surface area contributed by atoms with Crippen LogP contribution < -0.4 is 5.32 Å². The van der Waals surface area contributed by atoms with E-state index in [1.807, 2.05) is 37.3 Å². The number of aldehydes is 1. The third-order valence-corrected chi connectivity index (χ3v) is 3.96. The van der Waals surface area contributed by atoms with E-state index in [0.717, 1.165) is 27.4 Å². The molecule has 3 aromatic rings. The lowest BCUT2D eigenvalue weighted by molar-refractivity contribution is -0.116. The molecule has 6 heteroatoms. The van der Waals surface area contributed by atoms with Crippen molar-refractivity contribution in [1.82, 2.24) is 9.55 Å². The second kappa shape index (κ2) is 6.34. The third-order valence-electron chi connectivity index (χ3n) is 3.47. The third kappa shape index (κ3) is 3.32. The van der Waals surface area contributed by atoms with E-state index in [-0.39, 0.29) is 12.5 Å². The standard InChI is InChI=1S/C17H14BrN3O2/c1-11-3-2-4-16(19-11)20-17(23)9-21-8-12(10-22)14-7-13(18)5-6-15(14)21/h2-8,10H,9H2,1H3,(H,19,20,23). The lowest BCUT2D eigenvalue weighted by Crippen LogP contribution is -2.19. The predicted octanol–water partition coefficient (Wildman–Crippen LogP) is 3.56. The fourth-order valence-corrected chi connectivity index (χ4v) is 2.83. The van der Waals surface area contributed by atoms with E-state index in [4.69, 9.17) is 0 Å². The number of pyridine rings is 1. The quantitative estimate of drug-likeness (QED) is 0.713. The zero-order valence-electron chi connectivity index (χ0n) is 12.4. The van der Waals surface area contributed by atoms with Crippen LogP contribution in [0.5, 0.6) is 0 Å². The Morgan fingerprint density at radius 2 is 2.17 bits per heavy atom. The van der Waals surface area contributed by atoms with Crippen LogP contribution in [0.15, 0.2) is 47.1 Å². The molecule has 1 N–H and O–H groups in total. The number of aromatic nitrogens is 2. The molecule has 0 saturated carbocycles. The number of rotatable bonds is 4. The van der Waals surface area contributed by atoms with Gasteiger partial charge in [0.2, 0.25) is 5.91 Å². The maximum Gasteiger partial charge on any atom is 0.245 e. The molecule has 0 radical (unpaired) electrons. The molecule has 116 valence electrons. The molecule has 0 aliphatic rings. The Labute approximate surface area is 141 Å². The highest BCUT2D eigenvalue weighted by Gasteiger charge is 2.11. The summed E-state index contributed by atoms with van der Waals surface area (Å²) in [5.41, 5.74) is 2.23. The van der Waals surface area contributed by atoms with Crippen LogP contribution in [-0.2, 0) is 11.3 Å². The summed E-state index contributed by atoms with van der Waals surface area (Å²) in [5, 5.41) is 3.58. The zero-order chi connectivity index (χ0) is 16.4. The van der Waals surface area contributed by atoms with Crippen LogP contribution in [0.3, 0.4) is 0 Å².